The Hall–Kier alpha value is -2.30. The number of methoxy groups -OCH3 is 1. The Labute approximate surface area is 112 Å². The molecule has 5 heteroatoms. The molecule has 0 saturated carbocycles. The predicted molar refractivity (Wildman–Crippen MR) is 73.2 cm³/mol. The molecule has 19 heavy (non-hydrogen) atoms. The fourth-order valence-corrected chi connectivity index (χ4v) is 1.82. The number of hydrogen-bond donors (Lipinski definition) is 1. The number of nitrogens with zero attached hydrogens (tertiary/aromatic N) is 2. The number of amides is 1. The van der Waals surface area contributed by atoms with Gasteiger partial charge in [-0.1, -0.05) is 6.07 Å². The van der Waals surface area contributed by atoms with Crippen LogP contribution < -0.4 is 10.1 Å². The lowest BCUT2D eigenvalue weighted by molar-refractivity contribution is -0.116. The van der Waals surface area contributed by atoms with Crippen LogP contribution in [0.5, 0.6) is 5.75 Å². The average Bonchev–Trinajstić information content (AvgIpc) is 2.92. The van der Waals surface area contributed by atoms with Gasteiger partial charge in [-0.05, 0) is 19.1 Å². The Balaban J connectivity index is 1.93. The number of anilines is 1. The molecule has 1 heterocycles. The Bertz CT molecular complexity index is 537. The van der Waals surface area contributed by atoms with Crippen LogP contribution in [0.25, 0.3) is 0 Å². The van der Waals surface area contributed by atoms with Crippen LogP contribution in [0.3, 0.4) is 0 Å². The quantitative estimate of drug-likeness (QED) is 0.897. The number of carbonyl (C=O) groups excluding carboxylic acids is 1. The second-order valence-electron chi connectivity index (χ2n) is 4.34. The van der Waals surface area contributed by atoms with Crippen molar-refractivity contribution < 1.29 is 9.53 Å². The van der Waals surface area contributed by atoms with Crippen LogP contribution in [0.15, 0.2) is 43.0 Å². The summed E-state index contributed by atoms with van der Waals surface area (Å²) < 4.78 is 7.02. The van der Waals surface area contributed by atoms with E-state index in [0.717, 1.165) is 11.4 Å². The van der Waals surface area contributed by atoms with E-state index in [1.165, 1.54) is 0 Å². The van der Waals surface area contributed by atoms with Crippen LogP contribution in [-0.4, -0.2) is 22.6 Å². The maximum absolute atomic E-state index is 11.9. The van der Waals surface area contributed by atoms with E-state index in [1.807, 2.05) is 35.9 Å². The van der Waals surface area contributed by atoms with Gasteiger partial charge in [0.15, 0.2) is 0 Å². The molecule has 1 unspecified atom stereocenters. The van der Waals surface area contributed by atoms with Gasteiger partial charge < -0.3 is 14.6 Å². The van der Waals surface area contributed by atoms with Crippen molar-refractivity contribution in [1.29, 1.82) is 0 Å². The van der Waals surface area contributed by atoms with Crippen molar-refractivity contribution in [1.82, 2.24) is 9.55 Å². The normalized spacial score (nSPS) is 11.9. The first-order chi connectivity index (χ1) is 9.19. The third-order valence-electron chi connectivity index (χ3n) is 2.87. The van der Waals surface area contributed by atoms with Crippen LogP contribution in [0.4, 0.5) is 5.69 Å². The van der Waals surface area contributed by atoms with E-state index >= 15 is 0 Å². The van der Waals surface area contributed by atoms with Gasteiger partial charge in [-0.15, -0.1) is 0 Å². The molecule has 0 fully saturated rings. The molecule has 1 aromatic heterocycles. The Morgan fingerprint density at radius 2 is 2.37 bits per heavy atom. The van der Waals surface area contributed by atoms with E-state index in [0.29, 0.717) is 6.42 Å². The lowest BCUT2D eigenvalue weighted by atomic mass is 10.2. The highest BCUT2D eigenvalue weighted by atomic mass is 16.5. The molecule has 100 valence electrons. The molecule has 2 rings (SSSR count). The van der Waals surface area contributed by atoms with E-state index in [1.54, 1.807) is 25.7 Å². The largest absolute Gasteiger partial charge is 0.497 e. The minimum atomic E-state index is -0.0329. The average molecular weight is 259 g/mol. The first-order valence-electron chi connectivity index (χ1n) is 6.10. The molecule has 1 amide bonds. The lowest BCUT2D eigenvalue weighted by Gasteiger charge is -2.13. The van der Waals surface area contributed by atoms with Gasteiger partial charge in [0.1, 0.15) is 5.75 Å². The molecule has 0 radical (unpaired) electrons. The topological polar surface area (TPSA) is 56.1 Å². The fraction of sp³-hybridized carbons (Fsp3) is 0.286. The van der Waals surface area contributed by atoms with Crippen LogP contribution in [0.2, 0.25) is 0 Å². The third kappa shape index (κ3) is 3.58. The van der Waals surface area contributed by atoms with Crippen molar-refractivity contribution in [2.45, 2.75) is 19.4 Å². The smallest absolute Gasteiger partial charge is 0.226 e. The van der Waals surface area contributed by atoms with E-state index in [9.17, 15) is 4.79 Å². The highest BCUT2D eigenvalue weighted by Crippen LogP contribution is 2.18. The van der Waals surface area contributed by atoms with Gasteiger partial charge in [0.25, 0.3) is 0 Å². The van der Waals surface area contributed by atoms with Crippen LogP contribution in [0, 0.1) is 0 Å². The number of rotatable bonds is 5. The van der Waals surface area contributed by atoms with Gasteiger partial charge in [0.05, 0.1) is 13.4 Å². The van der Waals surface area contributed by atoms with E-state index in [4.69, 9.17) is 4.74 Å². The number of nitrogens with one attached hydrogen (secondary N) is 1. The molecule has 0 aliphatic rings. The van der Waals surface area contributed by atoms with Crippen molar-refractivity contribution in [3.63, 3.8) is 0 Å². The van der Waals surface area contributed by atoms with Crippen molar-refractivity contribution in [2.24, 2.45) is 0 Å². The molecule has 0 saturated heterocycles. The molecule has 1 N–H and O–H groups in total. The number of hydrogen-bond acceptors (Lipinski definition) is 3. The fourth-order valence-electron chi connectivity index (χ4n) is 1.82. The SMILES string of the molecule is COc1cccc(NC(=O)CC(C)n2ccnc2)c1. The van der Waals surface area contributed by atoms with Gasteiger partial charge in [-0.3, -0.25) is 4.79 Å². The number of aromatic nitrogens is 2. The summed E-state index contributed by atoms with van der Waals surface area (Å²) in [7, 11) is 1.60. The van der Waals surface area contributed by atoms with Gasteiger partial charge in [0.2, 0.25) is 5.91 Å². The summed E-state index contributed by atoms with van der Waals surface area (Å²) in [5, 5.41) is 2.86. The second-order valence-corrected chi connectivity index (χ2v) is 4.34. The molecular weight excluding hydrogens is 242 g/mol. The standard InChI is InChI=1S/C14H17N3O2/c1-11(17-7-6-15-10-17)8-14(18)16-12-4-3-5-13(9-12)19-2/h3-7,9-11H,8H2,1-2H3,(H,16,18). The van der Waals surface area contributed by atoms with Crippen molar-refractivity contribution in [2.75, 3.05) is 12.4 Å². The molecule has 1 atom stereocenters. The molecule has 0 aliphatic carbocycles. The zero-order valence-corrected chi connectivity index (χ0v) is 11.0. The summed E-state index contributed by atoms with van der Waals surface area (Å²) in [4.78, 5) is 15.9. The second kappa shape index (κ2) is 6.04. The van der Waals surface area contributed by atoms with Gasteiger partial charge in [0, 0.05) is 36.6 Å². The third-order valence-corrected chi connectivity index (χ3v) is 2.87. The highest BCUT2D eigenvalue weighted by molar-refractivity contribution is 5.91. The first kappa shape index (κ1) is 13.1. The van der Waals surface area contributed by atoms with E-state index in [-0.39, 0.29) is 11.9 Å². The number of ether oxygens (including phenoxy) is 1. The summed E-state index contributed by atoms with van der Waals surface area (Å²) in [6.07, 6.45) is 5.66. The van der Waals surface area contributed by atoms with E-state index in [2.05, 4.69) is 10.3 Å². The summed E-state index contributed by atoms with van der Waals surface area (Å²) in [6.45, 7) is 1.98. The predicted octanol–water partition coefficient (Wildman–Crippen LogP) is 2.48. The molecule has 1 aromatic carbocycles. The molecule has 5 nitrogen and oxygen atoms in total. The Morgan fingerprint density at radius 1 is 1.53 bits per heavy atom. The minimum Gasteiger partial charge on any atom is -0.497 e. The molecule has 0 spiro atoms. The van der Waals surface area contributed by atoms with E-state index < -0.39 is 0 Å². The maximum atomic E-state index is 11.9. The molecule has 0 aliphatic heterocycles. The number of imidazole rings is 1. The molecule has 2 aromatic rings. The van der Waals surface area contributed by atoms with Gasteiger partial charge >= 0.3 is 0 Å². The first-order valence-corrected chi connectivity index (χ1v) is 6.10. The number of benzene rings is 1. The Kier molecular flexibility index (Phi) is 4.18. The summed E-state index contributed by atoms with van der Waals surface area (Å²) in [5.41, 5.74) is 0.738. The lowest BCUT2D eigenvalue weighted by Crippen LogP contribution is -2.16. The summed E-state index contributed by atoms with van der Waals surface area (Å²) in [6, 6.07) is 7.38. The molecular formula is C14H17N3O2. The zero-order valence-electron chi connectivity index (χ0n) is 11.0. The monoisotopic (exact) mass is 259 g/mol. The maximum Gasteiger partial charge on any atom is 0.226 e. The Morgan fingerprint density at radius 3 is 3.05 bits per heavy atom. The van der Waals surface area contributed by atoms with Gasteiger partial charge in [-0.2, -0.15) is 0 Å². The van der Waals surface area contributed by atoms with Crippen molar-refractivity contribution in [3.8, 4) is 5.75 Å². The van der Waals surface area contributed by atoms with Crippen molar-refractivity contribution >= 4 is 11.6 Å². The van der Waals surface area contributed by atoms with Gasteiger partial charge in [-0.25, -0.2) is 4.98 Å². The minimum absolute atomic E-state index is 0.0329. The summed E-state index contributed by atoms with van der Waals surface area (Å²) >= 11 is 0. The highest BCUT2D eigenvalue weighted by Gasteiger charge is 2.10. The van der Waals surface area contributed by atoms with Crippen LogP contribution >= 0.6 is 0 Å². The zero-order chi connectivity index (χ0) is 13.7. The summed E-state index contributed by atoms with van der Waals surface area (Å²) in [5.74, 6) is 0.690. The van der Waals surface area contributed by atoms with Crippen LogP contribution in [-0.2, 0) is 4.79 Å². The van der Waals surface area contributed by atoms with Crippen molar-refractivity contribution in [3.05, 3.63) is 43.0 Å². The number of carbonyl (C=O) groups is 1. The van der Waals surface area contributed by atoms with Crippen LogP contribution in [0.1, 0.15) is 19.4 Å². The molecule has 0 bridgehead atoms.